The first-order valence-electron chi connectivity index (χ1n) is 8.60. The van der Waals surface area contributed by atoms with Crippen LogP contribution in [-0.4, -0.2) is 17.6 Å². The first-order valence-corrected chi connectivity index (χ1v) is 8.98. The van der Waals surface area contributed by atoms with Crippen molar-refractivity contribution in [2.75, 3.05) is 6.61 Å². The number of aromatic nitrogens is 1. The molecule has 0 saturated carbocycles. The number of nitrogens with zero attached hydrogens (tertiary/aromatic N) is 1. The summed E-state index contributed by atoms with van der Waals surface area (Å²) in [5, 5.41) is -0.0159. The molecule has 0 amide bonds. The van der Waals surface area contributed by atoms with Gasteiger partial charge in [-0.1, -0.05) is 35.9 Å². The highest BCUT2D eigenvalue weighted by molar-refractivity contribution is 6.33. The van der Waals surface area contributed by atoms with Gasteiger partial charge in [0.1, 0.15) is 11.4 Å². The van der Waals surface area contributed by atoms with Gasteiger partial charge in [0.2, 0.25) is 0 Å². The van der Waals surface area contributed by atoms with Crippen LogP contribution in [0.2, 0.25) is 5.02 Å². The molecule has 142 valence electrons. The zero-order valence-corrected chi connectivity index (χ0v) is 15.8. The van der Waals surface area contributed by atoms with Gasteiger partial charge in [-0.15, -0.1) is 0 Å². The molecular weight excluding hydrogens is 381 g/mol. The van der Waals surface area contributed by atoms with Gasteiger partial charge in [0.25, 0.3) is 0 Å². The van der Waals surface area contributed by atoms with Crippen LogP contribution in [0.15, 0.2) is 60.8 Å². The molecule has 0 radical (unpaired) electrons. The molecule has 0 atom stereocenters. The number of halogens is 2. The fourth-order valence-electron chi connectivity index (χ4n) is 2.48. The van der Waals surface area contributed by atoms with E-state index in [1.165, 1.54) is 12.1 Å². The van der Waals surface area contributed by atoms with Crippen LogP contribution in [0.3, 0.4) is 0 Å². The molecule has 1 heterocycles. The number of ether oxygens (including phenoxy) is 2. The maximum absolute atomic E-state index is 13.9. The average molecular weight is 398 g/mol. The Morgan fingerprint density at radius 2 is 1.96 bits per heavy atom. The SMILES string of the molecule is CCOc1cc(/C=C/c2ccccn2)ccc1OC(=O)c1c(F)cccc1Cl. The molecule has 0 bridgehead atoms. The smallest absolute Gasteiger partial charge is 0.348 e. The van der Waals surface area contributed by atoms with Gasteiger partial charge in [-0.05, 0) is 55.0 Å². The number of hydrogen-bond donors (Lipinski definition) is 0. The van der Waals surface area contributed by atoms with Gasteiger partial charge in [-0.2, -0.15) is 0 Å². The van der Waals surface area contributed by atoms with Crippen LogP contribution < -0.4 is 9.47 Å². The Hall–Kier alpha value is -3.18. The number of pyridine rings is 1. The van der Waals surface area contributed by atoms with E-state index in [1.807, 2.05) is 37.3 Å². The van der Waals surface area contributed by atoms with Crippen molar-refractivity contribution < 1.29 is 18.7 Å². The van der Waals surface area contributed by atoms with Crippen LogP contribution in [0.1, 0.15) is 28.5 Å². The molecule has 6 heteroatoms. The van der Waals surface area contributed by atoms with E-state index in [1.54, 1.807) is 24.4 Å². The first kappa shape index (κ1) is 19.6. The minimum Gasteiger partial charge on any atom is -0.490 e. The molecule has 0 N–H and O–H groups in total. The number of benzene rings is 2. The molecule has 3 aromatic rings. The largest absolute Gasteiger partial charge is 0.490 e. The van der Waals surface area contributed by atoms with E-state index in [4.69, 9.17) is 21.1 Å². The van der Waals surface area contributed by atoms with E-state index in [0.29, 0.717) is 12.4 Å². The minimum absolute atomic E-state index is 0.0159. The van der Waals surface area contributed by atoms with Gasteiger partial charge in [-0.25, -0.2) is 9.18 Å². The fourth-order valence-corrected chi connectivity index (χ4v) is 2.72. The highest BCUT2D eigenvalue weighted by Crippen LogP contribution is 2.31. The number of carbonyl (C=O) groups is 1. The molecule has 1 aromatic heterocycles. The molecule has 0 spiro atoms. The van der Waals surface area contributed by atoms with Crippen LogP contribution in [0.4, 0.5) is 4.39 Å². The lowest BCUT2D eigenvalue weighted by molar-refractivity contribution is 0.0723. The molecule has 3 rings (SSSR count). The lowest BCUT2D eigenvalue weighted by Crippen LogP contribution is -2.12. The second kappa shape index (κ2) is 9.15. The molecule has 0 fully saturated rings. The summed E-state index contributed by atoms with van der Waals surface area (Å²) in [6.07, 6.45) is 5.43. The van der Waals surface area contributed by atoms with Crippen LogP contribution in [0, 0.1) is 5.82 Å². The van der Waals surface area contributed by atoms with Crippen molar-refractivity contribution in [2.45, 2.75) is 6.92 Å². The van der Waals surface area contributed by atoms with Gasteiger partial charge >= 0.3 is 5.97 Å². The van der Waals surface area contributed by atoms with Crippen LogP contribution in [0.25, 0.3) is 12.2 Å². The van der Waals surface area contributed by atoms with E-state index < -0.39 is 11.8 Å². The Morgan fingerprint density at radius 3 is 2.68 bits per heavy atom. The molecule has 0 aliphatic heterocycles. The summed E-state index contributed by atoms with van der Waals surface area (Å²) in [5.74, 6) is -1.08. The van der Waals surface area contributed by atoms with E-state index in [9.17, 15) is 9.18 Å². The van der Waals surface area contributed by atoms with E-state index in [-0.39, 0.29) is 16.3 Å². The molecule has 4 nitrogen and oxygen atoms in total. The highest BCUT2D eigenvalue weighted by Gasteiger charge is 2.19. The van der Waals surface area contributed by atoms with E-state index in [2.05, 4.69) is 4.98 Å². The van der Waals surface area contributed by atoms with Crippen molar-refractivity contribution in [3.8, 4) is 11.5 Å². The summed E-state index contributed by atoms with van der Waals surface area (Å²) in [4.78, 5) is 16.6. The zero-order chi connectivity index (χ0) is 19.9. The molecule has 0 saturated heterocycles. The lowest BCUT2D eigenvalue weighted by Gasteiger charge is -2.12. The molecule has 0 aliphatic carbocycles. The lowest BCUT2D eigenvalue weighted by atomic mass is 10.1. The van der Waals surface area contributed by atoms with Crippen LogP contribution >= 0.6 is 11.6 Å². The van der Waals surface area contributed by atoms with Gasteiger partial charge in [0.05, 0.1) is 17.3 Å². The van der Waals surface area contributed by atoms with E-state index in [0.717, 1.165) is 17.3 Å². The summed E-state index contributed by atoms with van der Waals surface area (Å²) in [7, 11) is 0. The van der Waals surface area contributed by atoms with Gasteiger partial charge in [-0.3, -0.25) is 4.98 Å². The van der Waals surface area contributed by atoms with E-state index >= 15 is 0 Å². The predicted molar refractivity (Wildman–Crippen MR) is 107 cm³/mol. The van der Waals surface area contributed by atoms with Crippen molar-refractivity contribution in [1.82, 2.24) is 4.98 Å². The maximum Gasteiger partial charge on any atom is 0.348 e. The first-order chi connectivity index (χ1) is 13.6. The Morgan fingerprint density at radius 1 is 1.11 bits per heavy atom. The summed E-state index contributed by atoms with van der Waals surface area (Å²) >= 11 is 5.93. The molecular formula is C22H17ClFNO3. The summed E-state index contributed by atoms with van der Waals surface area (Å²) in [6, 6.07) is 14.7. The van der Waals surface area contributed by atoms with Crippen molar-refractivity contribution in [3.05, 3.63) is 88.5 Å². The van der Waals surface area contributed by atoms with Crippen molar-refractivity contribution in [1.29, 1.82) is 0 Å². The van der Waals surface area contributed by atoms with Crippen LogP contribution in [-0.2, 0) is 0 Å². The third-order valence-corrected chi connectivity index (χ3v) is 4.09. The third kappa shape index (κ3) is 4.75. The number of rotatable bonds is 6. The molecule has 2 aromatic carbocycles. The maximum atomic E-state index is 13.9. The second-order valence-corrected chi connectivity index (χ2v) is 6.12. The third-order valence-electron chi connectivity index (χ3n) is 3.77. The molecule has 28 heavy (non-hydrogen) atoms. The number of carbonyl (C=O) groups excluding carboxylic acids is 1. The minimum atomic E-state index is -0.888. The quantitative estimate of drug-likeness (QED) is 0.397. The van der Waals surface area contributed by atoms with Crippen molar-refractivity contribution in [2.24, 2.45) is 0 Å². The average Bonchev–Trinajstić information content (AvgIpc) is 2.69. The van der Waals surface area contributed by atoms with Gasteiger partial charge in [0.15, 0.2) is 11.5 Å². The summed E-state index contributed by atoms with van der Waals surface area (Å²) in [5.41, 5.74) is 1.33. The number of esters is 1. The molecule has 0 aliphatic rings. The second-order valence-electron chi connectivity index (χ2n) is 5.71. The summed E-state index contributed by atoms with van der Waals surface area (Å²) < 4.78 is 24.9. The van der Waals surface area contributed by atoms with Crippen LogP contribution in [0.5, 0.6) is 11.5 Å². The normalized spacial score (nSPS) is 10.8. The van der Waals surface area contributed by atoms with Crippen molar-refractivity contribution >= 4 is 29.7 Å². The fraction of sp³-hybridized carbons (Fsp3) is 0.0909. The summed E-state index contributed by atoms with van der Waals surface area (Å²) in [6.45, 7) is 2.19. The monoisotopic (exact) mass is 397 g/mol. The zero-order valence-electron chi connectivity index (χ0n) is 15.1. The Kier molecular flexibility index (Phi) is 6.40. The van der Waals surface area contributed by atoms with Gasteiger partial charge in [0, 0.05) is 6.20 Å². The highest BCUT2D eigenvalue weighted by atomic mass is 35.5. The molecule has 0 unspecified atom stereocenters. The Labute approximate surface area is 167 Å². The Balaban J connectivity index is 1.85. The Bertz CT molecular complexity index is 986. The predicted octanol–water partition coefficient (Wildman–Crippen LogP) is 5.66. The van der Waals surface area contributed by atoms with Gasteiger partial charge < -0.3 is 9.47 Å². The number of hydrogen-bond acceptors (Lipinski definition) is 4. The van der Waals surface area contributed by atoms with Crippen molar-refractivity contribution in [3.63, 3.8) is 0 Å². The topological polar surface area (TPSA) is 48.4 Å². The standard InChI is InChI=1S/C22H17ClFNO3/c1-2-27-20-14-15(9-11-16-6-3-4-13-25-16)10-12-19(20)28-22(26)21-17(23)7-5-8-18(21)24/h3-14H,2H2,1H3/b11-9+.